The first-order chi connectivity index (χ1) is 13.2. The highest BCUT2D eigenvalue weighted by Crippen LogP contribution is 2.49. The van der Waals surface area contributed by atoms with Crippen molar-refractivity contribution in [2.75, 3.05) is 7.11 Å². The molecule has 3 fully saturated rings. The molecule has 5 nitrogen and oxygen atoms in total. The van der Waals surface area contributed by atoms with Crippen LogP contribution in [-0.2, 0) is 0 Å². The minimum absolute atomic E-state index is 0.0380. The Balaban J connectivity index is 1.43. The van der Waals surface area contributed by atoms with Crippen molar-refractivity contribution >= 4 is 17.2 Å². The van der Waals surface area contributed by atoms with Crippen LogP contribution in [-0.4, -0.2) is 23.0 Å². The molecule has 3 aliphatic carbocycles. The van der Waals surface area contributed by atoms with Crippen LogP contribution in [0.1, 0.15) is 89.6 Å². The van der Waals surface area contributed by atoms with Crippen LogP contribution < -0.4 is 10.1 Å². The molecule has 1 amide bonds. The van der Waals surface area contributed by atoms with Crippen LogP contribution in [0.25, 0.3) is 0 Å². The van der Waals surface area contributed by atoms with Crippen LogP contribution in [0.15, 0.2) is 17.6 Å². The summed E-state index contributed by atoms with van der Waals surface area (Å²) in [7, 11) is 1.63. The maximum absolute atomic E-state index is 13.1. The third-order valence-corrected chi connectivity index (χ3v) is 6.67. The zero-order valence-corrected chi connectivity index (χ0v) is 16.4. The van der Waals surface area contributed by atoms with Crippen LogP contribution >= 0.6 is 11.3 Å². The molecule has 0 spiro atoms. The largest absolute Gasteiger partial charge is 0.494 e. The fourth-order valence-corrected chi connectivity index (χ4v) is 4.49. The maximum Gasteiger partial charge on any atom is 0.274 e. The smallest absolute Gasteiger partial charge is 0.274 e. The van der Waals surface area contributed by atoms with Crippen molar-refractivity contribution in [1.29, 1.82) is 0 Å². The number of hydrogen-bond donors (Lipinski definition) is 1. The number of aromatic nitrogens is 2. The van der Waals surface area contributed by atoms with Crippen LogP contribution in [0.3, 0.4) is 0 Å². The van der Waals surface area contributed by atoms with Gasteiger partial charge in [0.15, 0.2) is 11.4 Å². The Kier molecular flexibility index (Phi) is 4.38. The molecule has 0 unspecified atom stereocenters. The van der Waals surface area contributed by atoms with E-state index in [9.17, 15) is 4.79 Å². The number of nitrogens with zero attached hydrogens (tertiary/aromatic N) is 2. The second-order valence-corrected chi connectivity index (χ2v) is 9.06. The highest BCUT2D eigenvalue weighted by atomic mass is 32.1. The summed E-state index contributed by atoms with van der Waals surface area (Å²) in [6.07, 6.45) is 10.1. The molecule has 27 heavy (non-hydrogen) atoms. The van der Waals surface area contributed by atoms with Gasteiger partial charge in [-0.1, -0.05) is 12.8 Å². The van der Waals surface area contributed by atoms with Crippen LogP contribution in [0.5, 0.6) is 5.75 Å². The van der Waals surface area contributed by atoms with E-state index in [4.69, 9.17) is 9.72 Å². The first-order valence-corrected chi connectivity index (χ1v) is 10.9. The van der Waals surface area contributed by atoms with Crippen LogP contribution in [0.4, 0.5) is 0 Å². The Hall–Kier alpha value is -1.95. The number of carbonyl (C=O) groups excluding carboxylic acids is 1. The lowest BCUT2D eigenvalue weighted by Gasteiger charge is -2.18. The normalized spacial score (nSPS) is 20.3. The van der Waals surface area contributed by atoms with Gasteiger partial charge in [-0.25, -0.2) is 9.97 Å². The summed E-state index contributed by atoms with van der Waals surface area (Å²) in [6.45, 7) is 0. The molecule has 0 bridgehead atoms. The Bertz CT molecular complexity index is 839. The second kappa shape index (κ2) is 6.89. The van der Waals surface area contributed by atoms with Crippen LogP contribution in [0.2, 0.25) is 0 Å². The first kappa shape index (κ1) is 17.2. The number of amides is 1. The average Bonchev–Trinajstić information content (AvgIpc) is 3.53. The van der Waals surface area contributed by atoms with Crippen molar-refractivity contribution in [2.24, 2.45) is 5.92 Å². The monoisotopic (exact) mass is 383 g/mol. The van der Waals surface area contributed by atoms with Gasteiger partial charge < -0.3 is 10.1 Å². The molecule has 6 heteroatoms. The van der Waals surface area contributed by atoms with Crippen molar-refractivity contribution in [1.82, 2.24) is 15.3 Å². The number of nitrogens with one attached hydrogen (secondary N) is 1. The van der Waals surface area contributed by atoms with Crippen molar-refractivity contribution in [2.45, 2.75) is 62.8 Å². The van der Waals surface area contributed by atoms with Gasteiger partial charge in [-0.15, -0.1) is 11.3 Å². The van der Waals surface area contributed by atoms with E-state index in [0.29, 0.717) is 29.2 Å². The SMILES string of the molecule is COc1cc(C2CC2)c(C2CC2)nc1C(=O)N[C@@H](CC1CC1)c1nccs1. The van der Waals surface area contributed by atoms with E-state index in [1.807, 2.05) is 5.38 Å². The number of hydrogen-bond acceptors (Lipinski definition) is 5. The van der Waals surface area contributed by atoms with E-state index >= 15 is 0 Å². The molecule has 0 radical (unpaired) electrons. The minimum atomic E-state index is -0.142. The highest BCUT2D eigenvalue weighted by Gasteiger charge is 2.36. The number of rotatable bonds is 8. The molecule has 1 N–H and O–H groups in total. The fourth-order valence-electron chi connectivity index (χ4n) is 3.79. The summed E-state index contributed by atoms with van der Waals surface area (Å²) in [5.74, 6) is 2.30. The number of ether oxygens (including phenoxy) is 1. The predicted molar refractivity (Wildman–Crippen MR) is 104 cm³/mol. The molecule has 5 rings (SSSR count). The van der Waals surface area contributed by atoms with Gasteiger partial charge in [0.05, 0.1) is 13.2 Å². The standard InChI is InChI=1S/C21H25N3O2S/c1-26-17-11-15(13-4-5-13)18(14-6-7-14)24-19(17)20(25)23-16(10-12-2-3-12)21-22-8-9-27-21/h8-9,11-14,16H,2-7,10H2,1H3,(H,23,25)/t16-/m0/s1. The Morgan fingerprint density at radius 3 is 2.63 bits per heavy atom. The Labute approximate surface area is 163 Å². The van der Waals surface area contributed by atoms with E-state index < -0.39 is 0 Å². The van der Waals surface area contributed by atoms with Gasteiger partial charge >= 0.3 is 0 Å². The molecule has 2 heterocycles. The van der Waals surface area contributed by atoms with Gasteiger partial charge in [0, 0.05) is 23.2 Å². The topological polar surface area (TPSA) is 64.1 Å². The van der Waals surface area contributed by atoms with Crippen molar-refractivity contribution in [3.63, 3.8) is 0 Å². The summed E-state index contributed by atoms with van der Waals surface area (Å²) in [5.41, 5.74) is 2.87. The maximum atomic E-state index is 13.1. The minimum Gasteiger partial charge on any atom is -0.494 e. The molecule has 3 saturated carbocycles. The lowest BCUT2D eigenvalue weighted by molar-refractivity contribution is 0.0924. The Morgan fingerprint density at radius 1 is 1.26 bits per heavy atom. The molecule has 0 saturated heterocycles. The van der Waals surface area contributed by atoms with Gasteiger partial charge in [-0.05, 0) is 55.6 Å². The summed E-state index contributed by atoms with van der Waals surface area (Å²) < 4.78 is 5.57. The predicted octanol–water partition coefficient (Wildman–Crippen LogP) is 4.57. The number of thiazole rings is 1. The molecule has 2 aromatic heterocycles. The van der Waals surface area contributed by atoms with Crippen LogP contribution in [0, 0.1) is 5.92 Å². The van der Waals surface area contributed by atoms with Crippen molar-refractivity contribution < 1.29 is 9.53 Å². The zero-order chi connectivity index (χ0) is 18.4. The lowest BCUT2D eigenvalue weighted by atomic mass is 10.0. The molecule has 142 valence electrons. The van der Waals surface area contributed by atoms with Gasteiger partial charge in [-0.2, -0.15) is 0 Å². The van der Waals surface area contributed by atoms with E-state index in [1.54, 1.807) is 24.6 Å². The third kappa shape index (κ3) is 3.72. The van der Waals surface area contributed by atoms with E-state index in [1.165, 1.54) is 44.1 Å². The van der Waals surface area contributed by atoms with Gasteiger partial charge in [0.1, 0.15) is 5.01 Å². The molecular weight excluding hydrogens is 358 g/mol. The molecule has 1 atom stereocenters. The summed E-state index contributed by atoms with van der Waals surface area (Å²) >= 11 is 1.60. The van der Waals surface area contributed by atoms with Crippen molar-refractivity contribution in [3.05, 3.63) is 39.6 Å². The molecule has 0 aromatic carbocycles. The number of carbonyl (C=O) groups is 1. The van der Waals surface area contributed by atoms with Gasteiger partial charge in [-0.3, -0.25) is 4.79 Å². The third-order valence-electron chi connectivity index (χ3n) is 5.79. The number of pyridine rings is 1. The van der Waals surface area contributed by atoms with Gasteiger partial charge in [0.2, 0.25) is 0 Å². The average molecular weight is 384 g/mol. The highest BCUT2D eigenvalue weighted by molar-refractivity contribution is 7.09. The molecule has 0 aliphatic heterocycles. The van der Waals surface area contributed by atoms with Crippen molar-refractivity contribution in [3.8, 4) is 5.75 Å². The summed E-state index contributed by atoms with van der Waals surface area (Å²) in [4.78, 5) is 22.4. The molecule has 3 aliphatic rings. The van der Waals surface area contributed by atoms with E-state index in [2.05, 4.69) is 16.4 Å². The molecular formula is C21H25N3O2S. The second-order valence-electron chi connectivity index (χ2n) is 8.14. The quantitative estimate of drug-likeness (QED) is 0.725. The lowest BCUT2D eigenvalue weighted by Crippen LogP contribution is -2.30. The first-order valence-electron chi connectivity index (χ1n) is 10.0. The summed E-state index contributed by atoms with van der Waals surface area (Å²) in [5, 5.41) is 6.15. The number of methoxy groups -OCH3 is 1. The Morgan fingerprint density at radius 2 is 2.04 bits per heavy atom. The zero-order valence-electron chi connectivity index (χ0n) is 15.6. The van der Waals surface area contributed by atoms with Gasteiger partial charge in [0.25, 0.3) is 5.91 Å². The van der Waals surface area contributed by atoms with E-state index in [0.717, 1.165) is 17.1 Å². The fraction of sp³-hybridized carbons (Fsp3) is 0.571. The van der Waals surface area contributed by atoms with E-state index in [-0.39, 0.29) is 11.9 Å². The molecule has 2 aromatic rings. The summed E-state index contributed by atoms with van der Waals surface area (Å²) in [6, 6.07) is 2.04.